The minimum absolute atomic E-state index is 0.00631. The molecule has 0 spiro atoms. The largest absolute Gasteiger partial charge is 0.464 e. The summed E-state index contributed by atoms with van der Waals surface area (Å²) in [6, 6.07) is 10.9. The van der Waals surface area contributed by atoms with Crippen LogP contribution in [0, 0.1) is 6.92 Å². The monoisotopic (exact) mass is 345 g/mol. The van der Waals surface area contributed by atoms with E-state index in [9.17, 15) is 4.79 Å². The van der Waals surface area contributed by atoms with Crippen molar-refractivity contribution in [1.82, 2.24) is 25.1 Å². The van der Waals surface area contributed by atoms with Gasteiger partial charge in [-0.1, -0.05) is 23.7 Å². The smallest absolute Gasteiger partial charge is 0.246 e. The number of likely N-dealkylation sites (N-methyl/N-ethyl adjacent to an activating group) is 1. The predicted octanol–water partition coefficient (Wildman–Crippen LogP) is 2.55. The van der Waals surface area contributed by atoms with Gasteiger partial charge in [0.05, 0.1) is 11.6 Å². The second kappa shape index (κ2) is 6.84. The highest BCUT2D eigenvalue weighted by Gasteiger charge is 2.15. The van der Waals surface area contributed by atoms with Crippen LogP contribution in [0.2, 0.25) is 5.02 Å². The van der Waals surface area contributed by atoms with Gasteiger partial charge in [-0.15, -0.1) is 10.2 Å². The molecule has 0 unspecified atom stereocenters. The molecule has 2 heterocycles. The molecular weight excluding hydrogens is 330 g/mol. The van der Waals surface area contributed by atoms with Crippen molar-refractivity contribution in [3.8, 4) is 11.4 Å². The zero-order chi connectivity index (χ0) is 17.1. The first-order valence-electron chi connectivity index (χ1n) is 7.35. The van der Waals surface area contributed by atoms with Crippen LogP contribution in [0.1, 0.15) is 11.5 Å². The highest BCUT2D eigenvalue weighted by atomic mass is 35.5. The van der Waals surface area contributed by atoms with Crippen LogP contribution in [0.3, 0.4) is 0 Å². The first-order chi connectivity index (χ1) is 11.5. The fourth-order valence-corrected chi connectivity index (χ4v) is 2.41. The third-order valence-electron chi connectivity index (χ3n) is 3.46. The Morgan fingerprint density at radius 1 is 1.29 bits per heavy atom. The van der Waals surface area contributed by atoms with Crippen LogP contribution in [0.5, 0.6) is 0 Å². The minimum Gasteiger partial charge on any atom is -0.464 e. The number of carbonyl (C=O) groups is 1. The van der Waals surface area contributed by atoms with Gasteiger partial charge in [0.1, 0.15) is 18.1 Å². The Bertz CT molecular complexity index is 858. The summed E-state index contributed by atoms with van der Waals surface area (Å²) >= 11 is 6.11. The second-order valence-electron chi connectivity index (χ2n) is 5.39. The van der Waals surface area contributed by atoms with Crippen molar-refractivity contribution in [1.29, 1.82) is 0 Å². The molecule has 0 aliphatic rings. The molecule has 24 heavy (non-hydrogen) atoms. The van der Waals surface area contributed by atoms with Gasteiger partial charge < -0.3 is 9.32 Å². The molecule has 0 bridgehead atoms. The molecule has 0 aliphatic carbocycles. The Morgan fingerprint density at radius 2 is 2.08 bits per heavy atom. The molecule has 0 saturated heterocycles. The van der Waals surface area contributed by atoms with Gasteiger partial charge in [0.2, 0.25) is 11.7 Å². The van der Waals surface area contributed by atoms with Crippen molar-refractivity contribution in [2.45, 2.75) is 20.0 Å². The summed E-state index contributed by atoms with van der Waals surface area (Å²) in [5.41, 5.74) is 0.678. The number of amides is 1. The normalized spacial score (nSPS) is 10.8. The number of halogens is 1. The van der Waals surface area contributed by atoms with E-state index in [0.717, 1.165) is 11.5 Å². The standard InChI is InChI=1S/C16H16ClN5O2/c1-11-7-8-12(24-11)9-21(2)15(23)10-22-19-16(18-20-22)13-5-3-4-6-14(13)17/h3-8H,9-10H2,1-2H3. The van der Waals surface area contributed by atoms with Crippen LogP contribution < -0.4 is 0 Å². The average molecular weight is 346 g/mol. The van der Waals surface area contributed by atoms with Crippen LogP contribution in [0.25, 0.3) is 11.4 Å². The summed E-state index contributed by atoms with van der Waals surface area (Å²) < 4.78 is 5.47. The molecule has 8 heteroatoms. The number of hydrogen-bond donors (Lipinski definition) is 0. The third kappa shape index (κ3) is 3.62. The fraction of sp³-hybridized carbons (Fsp3) is 0.250. The molecule has 0 fully saturated rings. The van der Waals surface area contributed by atoms with Gasteiger partial charge in [-0.05, 0) is 36.4 Å². The van der Waals surface area contributed by atoms with E-state index >= 15 is 0 Å². The molecular formula is C16H16ClN5O2. The van der Waals surface area contributed by atoms with Gasteiger partial charge in [-0.3, -0.25) is 4.79 Å². The van der Waals surface area contributed by atoms with E-state index in [1.54, 1.807) is 24.1 Å². The highest BCUT2D eigenvalue weighted by molar-refractivity contribution is 6.33. The van der Waals surface area contributed by atoms with Crippen molar-refractivity contribution in [2.24, 2.45) is 0 Å². The Hall–Kier alpha value is -2.67. The summed E-state index contributed by atoms with van der Waals surface area (Å²) in [4.78, 5) is 15.1. The topological polar surface area (TPSA) is 77.1 Å². The van der Waals surface area contributed by atoms with E-state index in [4.69, 9.17) is 16.0 Å². The SMILES string of the molecule is Cc1ccc(CN(C)C(=O)Cn2nnc(-c3ccccc3Cl)n2)o1. The maximum absolute atomic E-state index is 12.3. The van der Waals surface area contributed by atoms with E-state index in [0.29, 0.717) is 23.0 Å². The first-order valence-corrected chi connectivity index (χ1v) is 7.72. The summed E-state index contributed by atoms with van der Waals surface area (Å²) in [6.45, 7) is 2.24. The molecule has 3 aromatic rings. The van der Waals surface area contributed by atoms with E-state index in [1.165, 1.54) is 4.80 Å². The van der Waals surface area contributed by atoms with Crippen molar-refractivity contribution in [3.63, 3.8) is 0 Å². The van der Waals surface area contributed by atoms with Gasteiger partial charge in [0.25, 0.3) is 0 Å². The Balaban J connectivity index is 1.66. The zero-order valence-corrected chi connectivity index (χ0v) is 14.1. The zero-order valence-electron chi connectivity index (χ0n) is 13.3. The van der Waals surface area contributed by atoms with Gasteiger partial charge in [-0.2, -0.15) is 4.80 Å². The van der Waals surface area contributed by atoms with Crippen molar-refractivity contribution < 1.29 is 9.21 Å². The van der Waals surface area contributed by atoms with E-state index < -0.39 is 0 Å². The van der Waals surface area contributed by atoms with Gasteiger partial charge in [0.15, 0.2) is 0 Å². The minimum atomic E-state index is -0.146. The van der Waals surface area contributed by atoms with Gasteiger partial charge in [0, 0.05) is 12.6 Å². The second-order valence-corrected chi connectivity index (χ2v) is 5.79. The molecule has 0 N–H and O–H groups in total. The van der Waals surface area contributed by atoms with Crippen LogP contribution in [0.4, 0.5) is 0 Å². The Labute approximate surface area is 143 Å². The molecule has 124 valence electrons. The molecule has 1 amide bonds. The quantitative estimate of drug-likeness (QED) is 0.710. The molecule has 0 aliphatic heterocycles. The lowest BCUT2D eigenvalue weighted by Gasteiger charge is -2.14. The summed E-state index contributed by atoms with van der Waals surface area (Å²) in [6.07, 6.45) is 0. The Morgan fingerprint density at radius 3 is 2.79 bits per heavy atom. The number of nitrogens with zero attached hydrogens (tertiary/aromatic N) is 5. The third-order valence-corrected chi connectivity index (χ3v) is 3.79. The van der Waals surface area contributed by atoms with Gasteiger partial charge >= 0.3 is 0 Å². The highest BCUT2D eigenvalue weighted by Crippen LogP contribution is 2.23. The van der Waals surface area contributed by atoms with Crippen LogP contribution in [-0.2, 0) is 17.9 Å². The van der Waals surface area contributed by atoms with E-state index in [1.807, 2.05) is 31.2 Å². The number of aromatic nitrogens is 4. The number of hydrogen-bond acceptors (Lipinski definition) is 5. The lowest BCUT2D eigenvalue weighted by atomic mass is 10.2. The fourth-order valence-electron chi connectivity index (χ4n) is 2.19. The van der Waals surface area contributed by atoms with E-state index in [2.05, 4.69) is 15.4 Å². The molecule has 0 saturated carbocycles. The Kier molecular flexibility index (Phi) is 4.61. The average Bonchev–Trinajstić information content (AvgIpc) is 3.17. The summed E-state index contributed by atoms with van der Waals surface area (Å²) in [5.74, 6) is 1.78. The van der Waals surface area contributed by atoms with Gasteiger partial charge in [-0.25, -0.2) is 0 Å². The lowest BCUT2D eigenvalue weighted by molar-refractivity contribution is -0.131. The molecule has 2 aromatic heterocycles. The maximum atomic E-state index is 12.3. The number of tetrazole rings is 1. The summed E-state index contributed by atoms with van der Waals surface area (Å²) in [7, 11) is 1.70. The van der Waals surface area contributed by atoms with Crippen LogP contribution in [0.15, 0.2) is 40.8 Å². The number of carbonyl (C=O) groups excluding carboxylic acids is 1. The van der Waals surface area contributed by atoms with Crippen LogP contribution in [-0.4, -0.2) is 38.1 Å². The lowest BCUT2D eigenvalue weighted by Crippen LogP contribution is -2.30. The number of benzene rings is 1. The molecule has 0 radical (unpaired) electrons. The number of rotatable bonds is 5. The predicted molar refractivity (Wildman–Crippen MR) is 88.2 cm³/mol. The maximum Gasteiger partial charge on any atom is 0.246 e. The first kappa shape index (κ1) is 16.2. The van der Waals surface area contributed by atoms with Crippen molar-refractivity contribution in [2.75, 3.05) is 7.05 Å². The molecule has 1 aromatic carbocycles. The van der Waals surface area contributed by atoms with E-state index in [-0.39, 0.29) is 12.5 Å². The van der Waals surface area contributed by atoms with Crippen molar-refractivity contribution in [3.05, 3.63) is 52.9 Å². The van der Waals surface area contributed by atoms with Crippen molar-refractivity contribution >= 4 is 17.5 Å². The number of aryl methyl sites for hydroxylation is 1. The summed E-state index contributed by atoms with van der Waals surface area (Å²) in [5, 5.41) is 12.6. The number of furan rings is 1. The molecule has 3 rings (SSSR count). The molecule has 7 nitrogen and oxygen atoms in total. The molecule has 0 atom stereocenters. The van der Waals surface area contributed by atoms with Crippen LogP contribution >= 0.6 is 11.6 Å².